The summed E-state index contributed by atoms with van der Waals surface area (Å²) in [5.41, 5.74) is 1.83. The minimum atomic E-state index is 0.0402. The van der Waals surface area contributed by atoms with Gasteiger partial charge in [0.05, 0.1) is 6.42 Å². The second-order valence-corrected chi connectivity index (χ2v) is 4.87. The predicted octanol–water partition coefficient (Wildman–Crippen LogP) is 4.10. The Balaban J connectivity index is 2.15. The number of para-hydroxylation sites is 1. The van der Waals surface area contributed by atoms with Gasteiger partial charge >= 0.3 is 0 Å². The lowest BCUT2D eigenvalue weighted by molar-refractivity contribution is -0.117. The van der Waals surface area contributed by atoms with E-state index in [2.05, 4.69) is 6.58 Å². The summed E-state index contributed by atoms with van der Waals surface area (Å²) in [6.45, 7) is 4.21. The van der Waals surface area contributed by atoms with E-state index in [-0.39, 0.29) is 5.91 Å². The van der Waals surface area contributed by atoms with Crippen LogP contribution in [-0.4, -0.2) is 12.5 Å². The van der Waals surface area contributed by atoms with Gasteiger partial charge in [-0.3, -0.25) is 4.79 Å². The highest BCUT2D eigenvalue weighted by Gasteiger charge is 2.14. The summed E-state index contributed by atoms with van der Waals surface area (Å²) in [6, 6.07) is 16.9. The molecule has 0 aliphatic carbocycles. The van der Waals surface area contributed by atoms with Crippen molar-refractivity contribution < 1.29 is 4.79 Å². The third-order valence-corrected chi connectivity index (χ3v) is 3.20. The molecule has 20 heavy (non-hydrogen) atoms. The molecular formula is C17H16ClNO. The van der Waals surface area contributed by atoms with Crippen molar-refractivity contribution in [1.82, 2.24) is 0 Å². The van der Waals surface area contributed by atoms with Crippen molar-refractivity contribution in [1.29, 1.82) is 0 Å². The van der Waals surface area contributed by atoms with Gasteiger partial charge in [-0.25, -0.2) is 0 Å². The van der Waals surface area contributed by atoms with Gasteiger partial charge in [0.15, 0.2) is 0 Å². The normalized spacial score (nSPS) is 10.1. The van der Waals surface area contributed by atoms with Crippen molar-refractivity contribution in [2.24, 2.45) is 0 Å². The number of carbonyl (C=O) groups excluding carboxylic acids is 1. The molecule has 0 N–H and O–H groups in total. The van der Waals surface area contributed by atoms with Crippen LogP contribution in [0.3, 0.4) is 0 Å². The number of nitrogens with zero attached hydrogens (tertiary/aromatic N) is 1. The highest BCUT2D eigenvalue weighted by molar-refractivity contribution is 6.30. The zero-order chi connectivity index (χ0) is 14.4. The van der Waals surface area contributed by atoms with Crippen LogP contribution >= 0.6 is 11.6 Å². The van der Waals surface area contributed by atoms with Crippen LogP contribution in [0, 0.1) is 0 Å². The monoisotopic (exact) mass is 285 g/mol. The number of halogens is 1. The van der Waals surface area contributed by atoms with E-state index in [1.165, 1.54) is 0 Å². The third-order valence-electron chi connectivity index (χ3n) is 2.95. The fourth-order valence-corrected chi connectivity index (χ4v) is 2.09. The molecule has 2 rings (SSSR count). The van der Waals surface area contributed by atoms with E-state index in [1.807, 2.05) is 42.5 Å². The Bertz CT molecular complexity index is 578. The number of benzene rings is 2. The molecule has 2 aromatic carbocycles. The molecule has 0 atom stereocenters. The zero-order valence-corrected chi connectivity index (χ0v) is 11.9. The lowest BCUT2D eigenvalue weighted by Gasteiger charge is -2.21. The summed E-state index contributed by atoms with van der Waals surface area (Å²) in [4.78, 5) is 14.2. The number of anilines is 1. The van der Waals surface area contributed by atoms with E-state index in [9.17, 15) is 4.79 Å². The van der Waals surface area contributed by atoms with Gasteiger partial charge in [-0.1, -0.05) is 48.0 Å². The summed E-state index contributed by atoms with van der Waals surface area (Å²) in [6.07, 6.45) is 2.08. The van der Waals surface area contributed by atoms with Crippen LogP contribution in [0.4, 0.5) is 5.69 Å². The topological polar surface area (TPSA) is 20.3 Å². The van der Waals surface area contributed by atoms with E-state index >= 15 is 0 Å². The molecule has 0 spiro atoms. The molecule has 2 aromatic rings. The average molecular weight is 286 g/mol. The second-order valence-electron chi connectivity index (χ2n) is 4.43. The SMILES string of the molecule is C=CCN(C(=O)Cc1ccc(Cl)cc1)c1ccccc1. The van der Waals surface area contributed by atoms with E-state index in [1.54, 1.807) is 23.1 Å². The van der Waals surface area contributed by atoms with Gasteiger partial charge in [0.25, 0.3) is 0 Å². The maximum Gasteiger partial charge on any atom is 0.231 e. The highest BCUT2D eigenvalue weighted by atomic mass is 35.5. The van der Waals surface area contributed by atoms with Crippen molar-refractivity contribution in [3.05, 3.63) is 77.8 Å². The zero-order valence-electron chi connectivity index (χ0n) is 11.1. The fourth-order valence-electron chi connectivity index (χ4n) is 1.96. The van der Waals surface area contributed by atoms with Crippen molar-refractivity contribution >= 4 is 23.2 Å². The summed E-state index contributed by atoms with van der Waals surface area (Å²) in [5.74, 6) is 0.0402. The van der Waals surface area contributed by atoms with Crippen LogP contribution in [0.15, 0.2) is 67.3 Å². The Hall–Kier alpha value is -2.06. The van der Waals surface area contributed by atoms with Gasteiger partial charge < -0.3 is 4.90 Å². The van der Waals surface area contributed by atoms with Crippen LogP contribution in [0.25, 0.3) is 0 Å². The van der Waals surface area contributed by atoms with E-state index < -0.39 is 0 Å². The summed E-state index contributed by atoms with van der Waals surface area (Å²) >= 11 is 5.85. The molecule has 0 bridgehead atoms. The Morgan fingerprint density at radius 1 is 1.10 bits per heavy atom. The second kappa shape index (κ2) is 6.92. The predicted molar refractivity (Wildman–Crippen MR) is 84.1 cm³/mol. The van der Waals surface area contributed by atoms with Crippen LogP contribution in [0.5, 0.6) is 0 Å². The van der Waals surface area contributed by atoms with E-state index in [0.29, 0.717) is 18.0 Å². The smallest absolute Gasteiger partial charge is 0.231 e. The molecule has 0 saturated carbocycles. The minimum absolute atomic E-state index is 0.0402. The molecule has 102 valence electrons. The lowest BCUT2D eigenvalue weighted by atomic mass is 10.1. The molecule has 1 amide bonds. The first kappa shape index (κ1) is 14.4. The Labute approximate surface area is 124 Å². The van der Waals surface area contributed by atoms with Gasteiger partial charge in [-0.2, -0.15) is 0 Å². The molecular weight excluding hydrogens is 270 g/mol. The molecule has 3 heteroatoms. The molecule has 2 nitrogen and oxygen atoms in total. The van der Waals surface area contributed by atoms with Gasteiger partial charge in [-0.05, 0) is 29.8 Å². The van der Waals surface area contributed by atoms with Crippen molar-refractivity contribution in [3.63, 3.8) is 0 Å². The molecule has 0 unspecified atom stereocenters. The Morgan fingerprint density at radius 3 is 2.35 bits per heavy atom. The number of rotatable bonds is 5. The number of hydrogen-bond donors (Lipinski definition) is 0. The van der Waals surface area contributed by atoms with Gasteiger partial charge in [0, 0.05) is 17.3 Å². The van der Waals surface area contributed by atoms with E-state index in [4.69, 9.17) is 11.6 Å². The Morgan fingerprint density at radius 2 is 1.75 bits per heavy atom. The average Bonchev–Trinajstić information content (AvgIpc) is 2.48. The maximum absolute atomic E-state index is 12.4. The van der Waals surface area contributed by atoms with Gasteiger partial charge in [0.1, 0.15) is 0 Å². The number of amides is 1. The summed E-state index contributed by atoms with van der Waals surface area (Å²) in [5, 5.41) is 0.673. The van der Waals surface area contributed by atoms with E-state index in [0.717, 1.165) is 11.3 Å². The minimum Gasteiger partial charge on any atom is -0.308 e. The van der Waals surface area contributed by atoms with Crippen molar-refractivity contribution in [2.45, 2.75) is 6.42 Å². The number of carbonyl (C=O) groups is 1. The third kappa shape index (κ3) is 3.72. The van der Waals surface area contributed by atoms with Gasteiger partial charge in [-0.15, -0.1) is 6.58 Å². The summed E-state index contributed by atoms with van der Waals surface area (Å²) in [7, 11) is 0. The lowest BCUT2D eigenvalue weighted by Crippen LogP contribution is -2.32. The summed E-state index contributed by atoms with van der Waals surface area (Å²) < 4.78 is 0. The van der Waals surface area contributed by atoms with Crippen LogP contribution < -0.4 is 4.90 Å². The van der Waals surface area contributed by atoms with Crippen molar-refractivity contribution in [3.8, 4) is 0 Å². The van der Waals surface area contributed by atoms with Gasteiger partial charge in [0.2, 0.25) is 5.91 Å². The van der Waals surface area contributed by atoms with Crippen LogP contribution in [0.1, 0.15) is 5.56 Å². The molecule has 0 fully saturated rings. The molecule has 0 aliphatic rings. The molecule has 0 aromatic heterocycles. The maximum atomic E-state index is 12.4. The highest BCUT2D eigenvalue weighted by Crippen LogP contribution is 2.16. The number of hydrogen-bond acceptors (Lipinski definition) is 1. The molecule has 0 aliphatic heterocycles. The van der Waals surface area contributed by atoms with Crippen molar-refractivity contribution in [2.75, 3.05) is 11.4 Å². The first-order valence-electron chi connectivity index (χ1n) is 6.41. The van der Waals surface area contributed by atoms with Crippen LogP contribution in [-0.2, 0) is 11.2 Å². The standard InChI is InChI=1S/C17H16ClNO/c1-2-12-19(16-6-4-3-5-7-16)17(20)13-14-8-10-15(18)11-9-14/h2-11H,1,12-13H2. The molecule has 0 saturated heterocycles. The molecule has 0 radical (unpaired) electrons. The van der Waals surface area contributed by atoms with Crippen LogP contribution in [0.2, 0.25) is 5.02 Å². The first-order chi connectivity index (χ1) is 9.70. The Kier molecular flexibility index (Phi) is 4.97. The quantitative estimate of drug-likeness (QED) is 0.757. The first-order valence-corrected chi connectivity index (χ1v) is 6.79. The molecule has 0 heterocycles. The fraction of sp³-hybridized carbons (Fsp3) is 0.118. The largest absolute Gasteiger partial charge is 0.308 e.